The minimum Gasteiger partial charge on any atom is -0.482 e. The second-order valence-electron chi connectivity index (χ2n) is 8.44. The van der Waals surface area contributed by atoms with Crippen LogP contribution in [0.25, 0.3) is 0 Å². The first-order valence-corrected chi connectivity index (χ1v) is 13.5. The normalized spacial score (nSPS) is 13.8. The molecule has 3 aromatic carbocycles. The monoisotopic (exact) mass is 512 g/mol. The lowest BCUT2D eigenvalue weighted by Crippen LogP contribution is -2.35. The number of hydrogen-bond acceptors (Lipinski definition) is 4. The van der Waals surface area contributed by atoms with Gasteiger partial charge in [0.25, 0.3) is 5.91 Å². The summed E-state index contributed by atoms with van der Waals surface area (Å²) in [5.74, 6) is -0.0513. The number of anilines is 1. The Morgan fingerprint density at radius 1 is 1.00 bits per heavy atom. The quantitative estimate of drug-likeness (QED) is 0.448. The molecule has 0 fully saturated rings. The zero-order valence-corrected chi connectivity index (χ0v) is 21.5. The van der Waals surface area contributed by atoms with Crippen LogP contribution >= 0.6 is 11.6 Å². The van der Waals surface area contributed by atoms with Crippen LogP contribution in [0.1, 0.15) is 36.1 Å². The lowest BCUT2D eigenvalue weighted by atomic mass is 10.0. The Bertz CT molecular complexity index is 1320. The van der Waals surface area contributed by atoms with Crippen LogP contribution in [0.4, 0.5) is 5.69 Å². The number of fused-ring (bicyclic) bond motifs is 1. The van der Waals surface area contributed by atoms with E-state index in [0.717, 1.165) is 35.2 Å². The maximum atomic E-state index is 13.2. The van der Waals surface area contributed by atoms with Gasteiger partial charge in [-0.05, 0) is 59.7 Å². The molecule has 1 N–H and O–H groups in total. The van der Waals surface area contributed by atoms with Gasteiger partial charge in [-0.15, -0.1) is 0 Å². The van der Waals surface area contributed by atoms with Gasteiger partial charge >= 0.3 is 0 Å². The van der Waals surface area contributed by atoms with E-state index in [4.69, 9.17) is 16.3 Å². The summed E-state index contributed by atoms with van der Waals surface area (Å²) in [5, 5.41) is 3.09. The van der Waals surface area contributed by atoms with E-state index < -0.39 is 10.0 Å². The van der Waals surface area contributed by atoms with Crippen molar-refractivity contribution in [3.63, 3.8) is 0 Å². The van der Waals surface area contributed by atoms with Gasteiger partial charge in [0.2, 0.25) is 10.0 Å². The molecule has 0 aromatic heterocycles. The van der Waals surface area contributed by atoms with Crippen molar-refractivity contribution in [3.8, 4) is 5.75 Å². The Morgan fingerprint density at radius 3 is 2.34 bits per heavy atom. The zero-order valence-electron chi connectivity index (χ0n) is 19.9. The molecule has 6 nitrogen and oxygen atoms in total. The topological polar surface area (TPSA) is 75.7 Å². The lowest BCUT2D eigenvalue weighted by Gasteiger charge is -2.28. The van der Waals surface area contributed by atoms with Crippen molar-refractivity contribution in [2.24, 2.45) is 0 Å². The van der Waals surface area contributed by atoms with Gasteiger partial charge < -0.3 is 10.1 Å². The fraction of sp³-hybridized carbons (Fsp3) is 0.296. The largest absolute Gasteiger partial charge is 0.482 e. The highest BCUT2D eigenvalue weighted by Crippen LogP contribution is 2.31. The molecule has 0 saturated heterocycles. The molecular formula is C27H29ClN2O4S. The molecule has 1 amide bonds. The van der Waals surface area contributed by atoms with Crippen LogP contribution in [0.3, 0.4) is 0 Å². The highest BCUT2D eigenvalue weighted by atomic mass is 35.5. The Balaban J connectivity index is 1.43. The molecule has 1 aliphatic heterocycles. The highest BCUT2D eigenvalue weighted by Gasteiger charge is 2.28. The molecule has 3 aromatic rings. The molecule has 1 heterocycles. The summed E-state index contributed by atoms with van der Waals surface area (Å²) < 4.78 is 33.5. The molecule has 35 heavy (non-hydrogen) atoms. The van der Waals surface area contributed by atoms with Crippen LogP contribution in [0.15, 0.2) is 65.6 Å². The third kappa shape index (κ3) is 5.53. The summed E-state index contributed by atoms with van der Waals surface area (Å²) in [6.07, 6.45) is 2.27. The number of benzene rings is 3. The van der Waals surface area contributed by atoms with Gasteiger partial charge in [-0.25, -0.2) is 8.42 Å². The van der Waals surface area contributed by atoms with Gasteiger partial charge in [0, 0.05) is 18.8 Å². The number of amides is 1. The van der Waals surface area contributed by atoms with Gasteiger partial charge in [-0.3, -0.25) is 4.79 Å². The van der Waals surface area contributed by atoms with Gasteiger partial charge in [0.15, 0.2) is 6.61 Å². The SMILES string of the molecule is CCc1cccc(CC)c1NC(=O)COc1ccc(S(=O)(=O)N2CCc3ccccc3C2)cc1Cl. The average molecular weight is 513 g/mol. The van der Waals surface area contributed by atoms with Crippen molar-refractivity contribution in [3.05, 3.63) is 87.9 Å². The number of nitrogens with zero attached hydrogens (tertiary/aromatic N) is 1. The molecule has 8 heteroatoms. The molecule has 0 aliphatic carbocycles. The van der Waals surface area contributed by atoms with Crippen molar-refractivity contribution < 1.29 is 17.9 Å². The Labute approximate surface area is 211 Å². The molecule has 184 valence electrons. The van der Waals surface area contributed by atoms with Gasteiger partial charge in [0.1, 0.15) is 5.75 Å². The van der Waals surface area contributed by atoms with Crippen LogP contribution in [0.5, 0.6) is 5.75 Å². The second-order valence-corrected chi connectivity index (χ2v) is 10.8. The lowest BCUT2D eigenvalue weighted by molar-refractivity contribution is -0.118. The standard InChI is InChI=1S/C27H29ClN2O4S/c1-3-19-10-7-11-20(4-2)27(19)29-26(31)18-34-25-13-12-23(16-24(25)28)35(32,33)30-15-14-21-8-5-6-9-22(21)17-30/h5-13,16H,3-4,14-15,17-18H2,1-2H3,(H,29,31). The number of carbonyl (C=O) groups excluding carboxylic acids is 1. The summed E-state index contributed by atoms with van der Waals surface area (Å²) in [5.41, 5.74) is 5.12. The number of nitrogens with one attached hydrogen (secondary N) is 1. The predicted octanol–water partition coefficient (Wildman–Crippen LogP) is 5.23. The first-order chi connectivity index (χ1) is 16.8. The van der Waals surface area contributed by atoms with Crippen LogP contribution in [0.2, 0.25) is 5.02 Å². The number of para-hydroxylation sites is 1. The third-order valence-corrected chi connectivity index (χ3v) is 8.40. The van der Waals surface area contributed by atoms with E-state index in [2.05, 4.69) is 5.32 Å². The highest BCUT2D eigenvalue weighted by molar-refractivity contribution is 7.89. The number of sulfonamides is 1. The van der Waals surface area contributed by atoms with E-state index in [1.54, 1.807) is 0 Å². The number of hydrogen-bond donors (Lipinski definition) is 1. The minimum absolute atomic E-state index is 0.100. The van der Waals surface area contributed by atoms with E-state index in [9.17, 15) is 13.2 Å². The summed E-state index contributed by atoms with van der Waals surface area (Å²) in [7, 11) is -3.72. The fourth-order valence-corrected chi connectivity index (χ4v) is 6.05. The van der Waals surface area contributed by atoms with Gasteiger partial charge in [0.05, 0.1) is 9.92 Å². The molecule has 0 spiro atoms. The maximum absolute atomic E-state index is 13.2. The van der Waals surface area contributed by atoms with E-state index >= 15 is 0 Å². The van der Waals surface area contributed by atoms with E-state index in [-0.39, 0.29) is 28.2 Å². The Morgan fingerprint density at radius 2 is 1.69 bits per heavy atom. The second kappa shape index (κ2) is 10.8. The first-order valence-electron chi connectivity index (χ1n) is 11.7. The number of rotatable bonds is 8. The van der Waals surface area contributed by atoms with Crippen molar-refractivity contribution >= 4 is 33.2 Å². The smallest absolute Gasteiger partial charge is 0.262 e. The van der Waals surface area contributed by atoms with E-state index in [0.29, 0.717) is 19.5 Å². The molecule has 0 bridgehead atoms. The molecule has 0 saturated carbocycles. The van der Waals surface area contributed by atoms with Crippen molar-refractivity contribution in [1.29, 1.82) is 0 Å². The van der Waals surface area contributed by atoms with Crippen molar-refractivity contribution in [2.75, 3.05) is 18.5 Å². The third-order valence-electron chi connectivity index (χ3n) is 6.26. The molecule has 0 atom stereocenters. The number of ether oxygens (including phenoxy) is 1. The van der Waals surface area contributed by atoms with E-state index in [1.165, 1.54) is 28.1 Å². The summed E-state index contributed by atoms with van der Waals surface area (Å²) in [4.78, 5) is 12.7. The van der Waals surface area contributed by atoms with Crippen molar-refractivity contribution in [1.82, 2.24) is 4.31 Å². The van der Waals surface area contributed by atoms with Crippen LogP contribution in [-0.2, 0) is 40.6 Å². The molecule has 1 aliphatic rings. The summed E-state index contributed by atoms with van der Waals surface area (Å²) in [6, 6.07) is 18.2. The Hall–Kier alpha value is -2.87. The van der Waals surface area contributed by atoms with Crippen molar-refractivity contribution in [2.45, 2.75) is 44.6 Å². The molecule has 0 unspecified atom stereocenters. The molecular weight excluding hydrogens is 484 g/mol. The molecule has 4 rings (SSSR count). The first kappa shape index (κ1) is 25.2. The van der Waals surface area contributed by atoms with Crippen LogP contribution < -0.4 is 10.1 Å². The summed E-state index contributed by atoms with van der Waals surface area (Å²) in [6.45, 7) is 4.58. The van der Waals surface area contributed by atoms with Gasteiger partial charge in [-0.1, -0.05) is 67.9 Å². The van der Waals surface area contributed by atoms with Crippen LogP contribution in [-0.4, -0.2) is 31.8 Å². The maximum Gasteiger partial charge on any atom is 0.262 e. The number of halogens is 1. The number of carbonyl (C=O) groups is 1. The number of aryl methyl sites for hydroxylation is 2. The van der Waals surface area contributed by atoms with Crippen LogP contribution in [0, 0.1) is 0 Å². The fourth-order valence-electron chi connectivity index (χ4n) is 4.31. The average Bonchev–Trinajstić information content (AvgIpc) is 2.87. The molecule has 0 radical (unpaired) electrons. The predicted molar refractivity (Wildman–Crippen MR) is 139 cm³/mol. The van der Waals surface area contributed by atoms with Gasteiger partial charge in [-0.2, -0.15) is 4.31 Å². The minimum atomic E-state index is -3.72. The Kier molecular flexibility index (Phi) is 7.79. The van der Waals surface area contributed by atoms with E-state index in [1.807, 2.05) is 56.3 Å². The zero-order chi connectivity index (χ0) is 25.0. The summed E-state index contributed by atoms with van der Waals surface area (Å²) >= 11 is 6.35.